The summed E-state index contributed by atoms with van der Waals surface area (Å²) >= 11 is 1.70. The second-order valence-corrected chi connectivity index (χ2v) is 8.49. The highest BCUT2D eigenvalue weighted by atomic mass is 32.2. The Labute approximate surface area is 186 Å². The molecule has 2 nitrogen and oxygen atoms in total. The molecule has 0 unspecified atom stereocenters. The first-order valence-electron chi connectivity index (χ1n) is 10.2. The molecule has 0 saturated heterocycles. The number of carbonyl (C=O) groups is 1. The van der Waals surface area contributed by atoms with Crippen LogP contribution in [0.2, 0.25) is 0 Å². The Morgan fingerprint density at radius 3 is 2.48 bits per heavy atom. The molecule has 0 aliphatic heterocycles. The minimum absolute atomic E-state index is 0.0802. The Kier molecular flexibility index (Phi) is 6.38. The highest BCUT2D eigenvalue weighted by Crippen LogP contribution is 2.38. The number of allylic oxidation sites excluding steroid dienone is 2. The maximum absolute atomic E-state index is 14.0. The first kappa shape index (κ1) is 21.1. The smallest absolute Gasteiger partial charge is 0.224 e. The maximum Gasteiger partial charge on any atom is 0.224 e. The number of hydrogen-bond donors (Lipinski definition) is 1. The molecule has 0 bridgehead atoms. The number of rotatable bonds is 6. The van der Waals surface area contributed by atoms with Gasteiger partial charge >= 0.3 is 0 Å². The van der Waals surface area contributed by atoms with Crippen LogP contribution in [0.1, 0.15) is 41.6 Å². The minimum atomic E-state index is -0.298. The van der Waals surface area contributed by atoms with Gasteiger partial charge in [-0.1, -0.05) is 48.5 Å². The third-order valence-electron chi connectivity index (χ3n) is 5.43. The van der Waals surface area contributed by atoms with E-state index in [4.69, 9.17) is 0 Å². The predicted molar refractivity (Wildman–Crippen MR) is 128 cm³/mol. The van der Waals surface area contributed by atoms with E-state index in [2.05, 4.69) is 35.7 Å². The summed E-state index contributed by atoms with van der Waals surface area (Å²) in [7, 11) is 0. The van der Waals surface area contributed by atoms with Crippen molar-refractivity contribution in [3.63, 3.8) is 0 Å². The number of amides is 1. The van der Waals surface area contributed by atoms with Crippen molar-refractivity contribution in [2.24, 2.45) is 0 Å². The van der Waals surface area contributed by atoms with Crippen LogP contribution in [0.15, 0.2) is 83.8 Å². The van der Waals surface area contributed by atoms with Gasteiger partial charge in [0.2, 0.25) is 5.91 Å². The molecule has 1 aliphatic carbocycles. The first-order valence-corrected chi connectivity index (χ1v) is 11.5. The third-order valence-corrected chi connectivity index (χ3v) is 6.18. The largest absolute Gasteiger partial charge is 0.349 e. The second-order valence-electron chi connectivity index (χ2n) is 7.61. The SMILES string of the molecule is CSc1ccc(C=C2C=C(CC(=O)N[C@H](C)c3ccccc3)c3cc(F)ccc32)cc1. The van der Waals surface area contributed by atoms with Crippen molar-refractivity contribution in [3.05, 3.63) is 107 Å². The summed E-state index contributed by atoms with van der Waals surface area (Å²) in [5.74, 6) is -0.378. The summed E-state index contributed by atoms with van der Waals surface area (Å²) in [5, 5.41) is 3.05. The lowest BCUT2D eigenvalue weighted by Crippen LogP contribution is -2.26. The van der Waals surface area contributed by atoms with Crippen molar-refractivity contribution in [1.82, 2.24) is 5.32 Å². The van der Waals surface area contributed by atoms with E-state index in [1.54, 1.807) is 17.8 Å². The predicted octanol–water partition coefficient (Wildman–Crippen LogP) is 6.75. The Hall–Kier alpha value is -3.11. The van der Waals surface area contributed by atoms with Crippen molar-refractivity contribution < 1.29 is 9.18 Å². The Morgan fingerprint density at radius 1 is 1.03 bits per heavy atom. The van der Waals surface area contributed by atoms with Gasteiger partial charge in [-0.25, -0.2) is 4.39 Å². The van der Waals surface area contributed by atoms with Crippen molar-refractivity contribution in [3.8, 4) is 0 Å². The quantitative estimate of drug-likeness (QED) is 0.439. The van der Waals surface area contributed by atoms with Crippen LogP contribution >= 0.6 is 11.8 Å². The number of thioether (sulfide) groups is 1. The van der Waals surface area contributed by atoms with E-state index in [1.807, 2.05) is 49.6 Å². The van der Waals surface area contributed by atoms with Crippen molar-refractivity contribution in [2.75, 3.05) is 6.26 Å². The Balaban J connectivity index is 1.57. The molecule has 0 heterocycles. The summed E-state index contributed by atoms with van der Waals surface area (Å²) in [6.07, 6.45) is 6.34. The highest BCUT2D eigenvalue weighted by Gasteiger charge is 2.22. The molecular weight excluding hydrogens is 405 g/mol. The number of benzene rings is 3. The lowest BCUT2D eigenvalue weighted by atomic mass is 10.0. The van der Waals surface area contributed by atoms with Crippen LogP contribution in [-0.2, 0) is 4.79 Å². The summed E-state index contributed by atoms with van der Waals surface area (Å²) in [6.45, 7) is 1.97. The molecule has 1 aliphatic rings. The maximum atomic E-state index is 14.0. The molecule has 31 heavy (non-hydrogen) atoms. The fraction of sp³-hybridized carbons (Fsp3) is 0.148. The van der Waals surface area contributed by atoms with Gasteiger partial charge in [0.25, 0.3) is 0 Å². The zero-order valence-corrected chi connectivity index (χ0v) is 18.4. The topological polar surface area (TPSA) is 29.1 Å². The lowest BCUT2D eigenvalue weighted by molar-refractivity contribution is -0.120. The lowest BCUT2D eigenvalue weighted by Gasteiger charge is -2.15. The molecule has 4 heteroatoms. The number of nitrogens with one attached hydrogen (secondary N) is 1. The normalized spacial score (nSPS) is 14.8. The average Bonchev–Trinajstić information content (AvgIpc) is 3.10. The van der Waals surface area contributed by atoms with E-state index in [9.17, 15) is 9.18 Å². The van der Waals surface area contributed by atoms with Gasteiger partial charge in [0.05, 0.1) is 12.5 Å². The Morgan fingerprint density at radius 2 is 1.77 bits per heavy atom. The van der Waals surface area contributed by atoms with Gasteiger partial charge in [-0.3, -0.25) is 4.79 Å². The molecule has 0 radical (unpaired) electrons. The standard InChI is InChI=1S/C27H24FNOS/c1-18(20-6-4-3-5-7-20)29-27(30)16-22-15-21(25-13-10-23(28)17-26(22)25)14-19-8-11-24(31-2)12-9-19/h3-15,17-18H,16H2,1-2H3,(H,29,30)/t18-/m1/s1. The molecule has 0 spiro atoms. The fourth-order valence-corrected chi connectivity index (χ4v) is 4.22. The van der Waals surface area contributed by atoms with E-state index in [0.29, 0.717) is 0 Å². The molecule has 0 aromatic heterocycles. The van der Waals surface area contributed by atoms with Crippen molar-refractivity contribution >= 4 is 34.9 Å². The number of fused-ring (bicyclic) bond motifs is 1. The summed E-state index contributed by atoms with van der Waals surface area (Å²) in [5.41, 5.74) is 5.69. The van der Waals surface area contributed by atoms with Crippen molar-refractivity contribution in [1.29, 1.82) is 0 Å². The van der Waals surface area contributed by atoms with Crippen LogP contribution in [0.3, 0.4) is 0 Å². The number of hydrogen-bond acceptors (Lipinski definition) is 2. The van der Waals surface area contributed by atoms with Gasteiger partial charge in [-0.15, -0.1) is 11.8 Å². The van der Waals surface area contributed by atoms with Gasteiger partial charge < -0.3 is 5.32 Å². The van der Waals surface area contributed by atoms with Gasteiger partial charge in [-0.05, 0) is 83.0 Å². The molecule has 1 N–H and O–H groups in total. The molecule has 3 aromatic carbocycles. The molecular formula is C27H24FNOS. The van der Waals surface area contributed by atoms with Crippen LogP contribution in [0.25, 0.3) is 17.2 Å². The van der Waals surface area contributed by atoms with Crippen LogP contribution in [-0.4, -0.2) is 12.2 Å². The minimum Gasteiger partial charge on any atom is -0.349 e. The van der Waals surface area contributed by atoms with Gasteiger partial charge in [0, 0.05) is 4.90 Å². The van der Waals surface area contributed by atoms with Gasteiger partial charge in [0.1, 0.15) is 5.82 Å². The molecule has 1 atom stereocenters. The molecule has 4 rings (SSSR count). The third kappa shape index (κ3) is 4.97. The summed E-state index contributed by atoms with van der Waals surface area (Å²) in [6, 6.07) is 22.9. The second kappa shape index (κ2) is 9.36. The number of carbonyl (C=O) groups excluding carboxylic acids is 1. The zero-order chi connectivity index (χ0) is 21.8. The van der Waals surface area contributed by atoms with Crippen LogP contribution in [0.4, 0.5) is 4.39 Å². The molecule has 0 saturated carbocycles. The number of halogens is 1. The molecule has 3 aromatic rings. The van der Waals surface area contributed by atoms with E-state index in [0.717, 1.165) is 33.4 Å². The van der Waals surface area contributed by atoms with E-state index in [-0.39, 0.29) is 24.2 Å². The fourth-order valence-electron chi connectivity index (χ4n) is 3.81. The van der Waals surface area contributed by atoms with Crippen LogP contribution < -0.4 is 5.32 Å². The Bertz CT molecular complexity index is 1150. The zero-order valence-electron chi connectivity index (χ0n) is 17.6. The van der Waals surface area contributed by atoms with Crippen molar-refractivity contribution in [2.45, 2.75) is 24.3 Å². The molecule has 0 fully saturated rings. The van der Waals surface area contributed by atoms with E-state index in [1.165, 1.54) is 17.0 Å². The summed E-state index contributed by atoms with van der Waals surface area (Å²) in [4.78, 5) is 14.0. The highest BCUT2D eigenvalue weighted by molar-refractivity contribution is 7.98. The van der Waals surface area contributed by atoms with Crippen LogP contribution in [0.5, 0.6) is 0 Å². The monoisotopic (exact) mass is 429 g/mol. The summed E-state index contributed by atoms with van der Waals surface area (Å²) < 4.78 is 14.0. The average molecular weight is 430 g/mol. The van der Waals surface area contributed by atoms with E-state index < -0.39 is 0 Å². The van der Waals surface area contributed by atoms with Crippen LogP contribution in [0, 0.1) is 5.82 Å². The van der Waals surface area contributed by atoms with E-state index >= 15 is 0 Å². The van der Waals surface area contributed by atoms with Gasteiger partial charge in [-0.2, -0.15) is 0 Å². The van der Waals surface area contributed by atoms with Gasteiger partial charge in [0.15, 0.2) is 0 Å². The molecule has 156 valence electrons. The molecule has 1 amide bonds. The first-order chi connectivity index (χ1) is 15.0.